The van der Waals surface area contributed by atoms with E-state index in [2.05, 4.69) is 20.5 Å². The van der Waals surface area contributed by atoms with E-state index in [0.29, 0.717) is 37.7 Å². The fourth-order valence-corrected chi connectivity index (χ4v) is 3.07. The predicted molar refractivity (Wildman–Crippen MR) is 115 cm³/mol. The number of hydrogen-bond donors (Lipinski definition) is 2. The number of aliphatic imine (C=N–C) groups is 1. The number of morpholine rings is 1. The van der Waals surface area contributed by atoms with Gasteiger partial charge in [0.1, 0.15) is 5.75 Å². The summed E-state index contributed by atoms with van der Waals surface area (Å²) in [4.78, 5) is 19.3. The summed E-state index contributed by atoms with van der Waals surface area (Å²) in [7, 11) is 1.54. The number of hydrogen-bond acceptors (Lipinski definition) is 5. The lowest BCUT2D eigenvalue weighted by atomic mass is 10.1. The highest BCUT2D eigenvalue weighted by Gasteiger charge is 2.30. The number of carbonyl (C=O) groups excluding carboxylic acids is 1. The van der Waals surface area contributed by atoms with Crippen LogP contribution >= 0.6 is 0 Å². The van der Waals surface area contributed by atoms with E-state index in [1.54, 1.807) is 31.4 Å². The van der Waals surface area contributed by atoms with Crippen LogP contribution in [0.25, 0.3) is 0 Å². The van der Waals surface area contributed by atoms with E-state index in [4.69, 9.17) is 9.47 Å². The van der Waals surface area contributed by atoms with Crippen LogP contribution in [0.4, 0.5) is 18.9 Å². The second-order valence-corrected chi connectivity index (χ2v) is 7.07. The molecule has 1 amide bonds. The van der Waals surface area contributed by atoms with Gasteiger partial charge in [0.25, 0.3) is 5.91 Å². The molecule has 7 nitrogen and oxygen atoms in total. The third-order valence-electron chi connectivity index (χ3n) is 4.83. The Morgan fingerprint density at radius 1 is 1.16 bits per heavy atom. The minimum absolute atomic E-state index is 0.0892. The van der Waals surface area contributed by atoms with Crippen molar-refractivity contribution in [2.45, 2.75) is 6.18 Å². The molecule has 172 valence electrons. The average molecular weight is 450 g/mol. The van der Waals surface area contributed by atoms with Crippen LogP contribution in [0.2, 0.25) is 0 Å². The number of nitrogens with zero attached hydrogens (tertiary/aromatic N) is 2. The summed E-state index contributed by atoms with van der Waals surface area (Å²) in [6, 6.07) is 11.1. The van der Waals surface area contributed by atoms with Gasteiger partial charge in [-0.1, -0.05) is 6.07 Å². The predicted octanol–water partition coefficient (Wildman–Crippen LogP) is 3.24. The molecule has 2 N–H and O–H groups in total. The minimum atomic E-state index is -4.46. The highest BCUT2D eigenvalue weighted by atomic mass is 19.4. The number of alkyl halides is 3. The zero-order valence-corrected chi connectivity index (χ0v) is 17.6. The first-order chi connectivity index (χ1) is 15.3. The molecule has 0 atom stereocenters. The van der Waals surface area contributed by atoms with Crippen LogP contribution in [0, 0.1) is 0 Å². The van der Waals surface area contributed by atoms with Crippen molar-refractivity contribution in [2.24, 2.45) is 4.99 Å². The highest BCUT2D eigenvalue weighted by Crippen LogP contribution is 2.29. The molecule has 2 aromatic rings. The second kappa shape index (κ2) is 11.0. The second-order valence-electron chi connectivity index (χ2n) is 7.07. The molecule has 3 rings (SSSR count). The number of carbonyl (C=O) groups is 1. The summed E-state index contributed by atoms with van der Waals surface area (Å²) < 4.78 is 48.9. The number of halogens is 3. The zero-order chi connectivity index (χ0) is 23.0. The van der Waals surface area contributed by atoms with Crippen molar-refractivity contribution >= 4 is 17.6 Å². The lowest BCUT2D eigenvalue weighted by Crippen LogP contribution is -2.39. The molecule has 0 saturated carbocycles. The van der Waals surface area contributed by atoms with E-state index in [1.807, 2.05) is 0 Å². The van der Waals surface area contributed by atoms with Gasteiger partial charge in [0.2, 0.25) is 5.96 Å². The van der Waals surface area contributed by atoms with Crippen LogP contribution in [0.1, 0.15) is 15.9 Å². The number of rotatable bonds is 6. The Balaban J connectivity index is 1.71. The smallest absolute Gasteiger partial charge is 0.416 e. The van der Waals surface area contributed by atoms with Gasteiger partial charge in [0.15, 0.2) is 0 Å². The SMILES string of the molecule is COc1cccc(NC(=NCCN2CCOCC2)NC(=O)c2ccc(C(F)(F)F)cc2)c1. The molecule has 0 radical (unpaired) electrons. The molecule has 0 aliphatic carbocycles. The summed E-state index contributed by atoms with van der Waals surface area (Å²) in [5.41, 5.74) is -0.0866. The Kier molecular flexibility index (Phi) is 8.07. The van der Waals surface area contributed by atoms with Gasteiger partial charge in [0, 0.05) is 37.0 Å². The topological polar surface area (TPSA) is 75.2 Å². The van der Waals surface area contributed by atoms with E-state index < -0.39 is 17.6 Å². The van der Waals surface area contributed by atoms with Crippen molar-refractivity contribution in [2.75, 3.05) is 51.8 Å². The number of benzene rings is 2. The largest absolute Gasteiger partial charge is 0.497 e. The quantitative estimate of drug-likeness (QED) is 0.522. The summed E-state index contributed by atoms with van der Waals surface area (Å²) >= 11 is 0. The number of anilines is 1. The summed E-state index contributed by atoms with van der Waals surface area (Å²) in [6.07, 6.45) is -4.46. The normalized spacial score (nSPS) is 15.3. The van der Waals surface area contributed by atoms with Crippen molar-refractivity contribution in [3.8, 4) is 5.75 Å². The van der Waals surface area contributed by atoms with Crippen LogP contribution in [-0.4, -0.2) is 63.3 Å². The highest BCUT2D eigenvalue weighted by molar-refractivity contribution is 6.10. The average Bonchev–Trinajstić information content (AvgIpc) is 2.79. The van der Waals surface area contributed by atoms with Gasteiger partial charge in [-0.15, -0.1) is 0 Å². The third-order valence-corrected chi connectivity index (χ3v) is 4.83. The maximum Gasteiger partial charge on any atom is 0.416 e. The van der Waals surface area contributed by atoms with Gasteiger partial charge in [-0.3, -0.25) is 20.0 Å². The zero-order valence-electron chi connectivity index (χ0n) is 17.6. The van der Waals surface area contributed by atoms with E-state index in [9.17, 15) is 18.0 Å². The Hall–Kier alpha value is -3.11. The van der Waals surface area contributed by atoms with Crippen LogP contribution in [0.15, 0.2) is 53.5 Å². The fourth-order valence-electron chi connectivity index (χ4n) is 3.07. The first-order valence-electron chi connectivity index (χ1n) is 10.1. The molecule has 0 spiro atoms. The molecular weight excluding hydrogens is 425 g/mol. The Labute approximate surface area is 184 Å². The van der Waals surface area contributed by atoms with E-state index >= 15 is 0 Å². The molecule has 0 aromatic heterocycles. The van der Waals surface area contributed by atoms with Gasteiger partial charge in [-0.2, -0.15) is 13.2 Å². The lowest BCUT2D eigenvalue weighted by molar-refractivity contribution is -0.137. The van der Waals surface area contributed by atoms with Crippen molar-refractivity contribution in [3.63, 3.8) is 0 Å². The van der Waals surface area contributed by atoms with Crippen LogP contribution in [-0.2, 0) is 10.9 Å². The number of guanidine groups is 1. The fraction of sp³-hybridized carbons (Fsp3) is 0.364. The molecule has 1 fully saturated rings. The van der Waals surface area contributed by atoms with Crippen molar-refractivity contribution in [1.29, 1.82) is 0 Å². The van der Waals surface area contributed by atoms with Crippen LogP contribution in [0.5, 0.6) is 5.75 Å². The minimum Gasteiger partial charge on any atom is -0.497 e. The van der Waals surface area contributed by atoms with Gasteiger partial charge in [-0.05, 0) is 36.4 Å². The molecule has 1 heterocycles. The van der Waals surface area contributed by atoms with E-state index in [-0.39, 0.29) is 11.5 Å². The van der Waals surface area contributed by atoms with Gasteiger partial charge < -0.3 is 14.8 Å². The van der Waals surface area contributed by atoms with Crippen LogP contribution < -0.4 is 15.4 Å². The summed E-state index contributed by atoms with van der Waals surface area (Å²) in [5.74, 6) is 0.243. The number of methoxy groups -OCH3 is 1. The van der Waals surface area contributed by atoms with Crippen molar-refractivity contribution in [1.82, 2.24) is 10.2 Å². The number of amides is 1. The Bertz CT molecular complexity index is 927. The molecule has 1 aliphatic heterocycles. The molecular formula is C22H25F3N4O3. The third kappa shape index (κ3) is 6.96. The Morgan fingerprint density at radius 3 is 2.53 bits per heavy atom. The molecule has 10 heteroatoms. The van der Waals surface area contributed by atoms with Gasteiger partial charge in [0.05, 0.1) is 32.4 Å². The summed E-state index contributed by atoms with van der Waals surface area (Å²) in [5, 5.41) is 5.69. The lowest BCUT2D eigenvalue weighted by Gasteiger charge is -2.25. The first kappa shape index (κ1) is 23.6. The van der Waals surface area contributed by atoms with Gasteiger partial charge >= 0.3 is 6.18 Å². The maximum atomic E-state index is 12.8. The first-order valence-corrected chi connectivity index (χ1v) is 10.1. The van der Waals surface area contributed by atoms with Crippen LogP contribution in [0.3, 0.4) is 0 Å². The molecule has 32 heavy (non-hydrogen) atoms. The van der Waals surface area contributed by atoms with E-state index in [0.717, 1.165) is 37.4 Å². The molecule has 1 saturated heterocycles. The molecule has 2 aromatic carbocycles. The monoisotopic (exact) mass is 450 g/mol. The molecule has 0 bridgehead atoms. The van der Waals surface area contributed by atoms with Crippen molar-refractivity contribution < 1.29 is 27.4 Å². The Morgan fingerprint density at radius 2 is 1.88 bits per heavy atom. The molecule has 1 aliphatic rings. The maximum absolute atomic E-state index is 12.8. The molecule has 0 unspecified atom stereocenters. The van der Waals surface area contributed by atoms with E-state index in [1.165, 1.54) is 0 Å². The van der Waals surface area contributed by atoms with Gasteiger partial charge in [-0.25, -0.2) is 0 Å². The number of nitrogens with one attached hydrogen (secondary N) is 2. The van der Waals surface area contributed by atoms with Crippen molar-refractivity contribution in [3.05, 3.63) is 59.7 Å². The summed E-state index contributed by atoms with van der Waals surface area (Å²) in [6.45, 7) is 4.06. The standard InChI is InChI=1S/C22H25F3N4O3/c1-31-19-4-2-3-18(15-19)27-21(26-9-10-29-11-13-32-14-12-29)28-20(30)16-5-7-17(8-6-16)22(23,24)25/h2-8,15H,9-14H2,1H3,(H2,26,27,28,30). The number of ether oxygens (including phenoxy) is 2.